The van der Waals surface area contributed by atoms with E-state index in [9.17, 15) is 5.11 Å². The molecule has 1 unspecified atom stereocenters. The molecule has 1 atom stereocenters. The summed E-state index contributed by atoms with van der Waals surface area (Å²) in [6.45, 7) is 5.06. The molecule has 0 fully saturated rings. The van der Waals surface area contributed by atoms with Gasteiger partial charge in [0.15, 0.2) is 0 Å². The highest BCUT2D eigenvalue weighted by molar-refractivity contribution is 9.10. The molecule has 0 radical (unpaired) electrons. The minimum absolute atomic E-state index is 0.151. The van der Waals surface area contributed by atoms with E-state index in [1.807, 2.05) is 18.2 Å². The maximum absolute atomic E-state index is 9.44. The lowest BCUT2D eigenvalue weighted by Crippen LogP contribution is -2.45. The first-order valence-electron chi connectivity index (χ1n) is 6.23. The average Bonchev–Trinajstić information content (AvgIpc) is 2.37. The topological polar surface area (TPSA) is 41.5 Å². The van der Waals surface area contributed by atoms with Crippen LogP contribution in [0, 0.1) is 0 Å². The average molecular weight is 316 g/mol. The van der Waals surface area contributed by atoms with Crippen molar-refractivity contribution in [3.63, 3.8) is 0 Å². The molecular formula is C14H22BrNO2. The number of benzene rings is 1. The molecule has 0 aliphatic carbocycles. The number of hydrogen-bond donors (Lipinski definition) is 2. The summed E-state index contributed by atoms with van der Waals surface area (Å²) < 4.78 is 6.15. The molecule has 0 aromatic heterocycles. The van der Waals surface area contributed by atoms with Crippen LogP contribution in [0.5, 0.6) is 5.75 Å². The number of rotatable bonds is 7. The number of methoxy groups -OCH3 is 1. The molecule has 1 rings (SSSR count). The molecule has 0 bridgehead atoms. The van der Waals surface area contributed by atoms with Crippen molar-refractivity contribution < 1.29 is 9.84 Å². The molecule has 2 N–H and O–H groups in total. The maximum Gasteiger partial charge on any atom is 0.133 e. The van der Waals surface area contributed by atoms with Gasteiger partial charge in [-0.1, -0.05) is 19.4 Å². The van der Waals surface area contributed by atoms with Crippen LogP contribution >= 0.6 is 15.9 Å². The summed E-state index contributed by atoms with van der Waals surface area (Å²) >= 11 is 3.47. The fourth-order valence-corrected chi connectivity index (χ4v) is 2.50. The third-order valence-electron chi connectivity index (χ3n) is 3.09. The molecule has 0 aliphatic rings. The second-order valence-electron chi connectivity index (χ2n) is 4.79. The molecule has 1 aromatic carbocycles. The first-order valence-corrected chi connectivity index (χ1v) is 7.02. The van der Waals surface area contributed by atoms with Gasteiger partial charge in [0.2, 0.25) is 0 Å². The Labute approximate surface area is 118 Å². The Hall–Kier alpha value is -0.580. The number of ether oxygens (including phenoxy) is 1. The number of aliphatic hydroxyl groups is 1. The first-order chi connectivity index (χ1) is 8.54. The second kappa shape index (κ2) is 7.12. The highest BCUT2D eigenvalue weighted by Crippen LogP contribution is 2.25. The molecule has 102 valence electrons. The normalized spacial score (nSPS) is 14.3. The van der Waals surface area contributed by atoms with Crippen LogP contribution in [-0.4, -0.2) is 24.4 Å². The summed E-state index contributed by atoms with van der Waals surface area (Å²) in [5.74, 6) is 0.831. The monoisotopic (exact) mass is 315 g/mol. The lowest BCUT2D eigenvalue weighted by atomic mass is 9.97. The molecular weight excluding hydrogens is 294 g/mol. The Morgan fingerprint density at radius 2 is 2.17 bits per heavy atom. The highest BCUT2D eigenvalue weighted by atomic mass is 79.9. The third kappa shape index (κ3) is 4.26. The van der Waals surface area contributed by atoms with Gasteiger partial charge in [-0.05, 0) is 47.0 Å². The van der Waals surface area contributed by atoms with Crippen molar-refractivity contribution in [3.05, 3.63) is 28.2 Å². The molecule has 0 heterocycles. The Bertz CT molecular complexity index is 384. The summed E-state index contributed by atoms with van der Waals surface area (Å²) in [4.78, 5) is 0. The van der Waals surface area contributed by atoms with Crippen molar-refractivity contribution in [1.82, 2.24) is 5.32 Å². The molecule has 3 nitrogen and oxygen atoms in total. The lowest BCUT2D eigenvalue weighted by Gasteiger charge is -2.28. The van der Waals surface area contributed by atoms with Gasteiger partial charge in [-0.3, -0.25) is 0 Å². The Balaban J connectivity index is 2.65. The van der Waals surface area contributed by atoms with Gasteiger partial charge in [-0.2, -0.15) is 0 Å². The van der Waals surface area contributed by atoms with Crippen molar-refractivity contribution in [3.8, 4) is 5.75 Å². The summed E-state index contributed by atoms with van der Waals surface area (Å²) in [5.41, 5.74) is 0.958. The van der Waals surface area contributed by atoms with Crippen LogP contribution in [0.15, 0.2) is 22.7 Å². The van der Waals surface area contributed by atoms with Crippen LogP contribution in [0.2, 0.25) is 0 Å². The zero-order valence-electron chi connectivity index (χ0n) is 11.3. The fraction of sp³-hybridized carbons (Fsp3) is 0.571. The molecule has 0 aliphatic heterocycles. The van der Waals surface area contributed by atoms with E-state index in [1.54, 1.807) is 7.11 Å². The van der Waals surface area contributed by atoms with E-state index < -0.39 is 0 Å². The number of halogens is 1. The van der Waals surface area contributed by atoms with Crippen LogP contribution in [0.3, 0.4) is 0 Å². The fourth-order valence-electron chi connectivity index (χ4n) is 1.91. The third-order valence-corrected chi connectivity index (χ3v) is 3.71. The smallest absolute Gasteiger partial charge is 0.133 e. The highest BCUT2D eigenvalue weighted by Gasteiger charge is 2.21. The quantitative estimate of drug-likeness (QED) is 0.812. The summed E-state index contributed by atoms with van der Waals surface area (Å²) in [5, 5.41) is 12.9. The van der Waals surface area contributed by atoms with Crippen molar-refractivity contribution in [2.24, 2.45) is 0 Å². The van der Waals surface area contributed by atoms with Gasteiger partial charge in [-0.25, -0.2) is 0 Å². The van der Waals surface area contributed by atoms with Gasteiger partial charge >= 0.3 is 0 Å². The van der Waals surface area contributed by atoms with Gasteiger partial charge in [0.1, 0.15) is 5.75 Å². The molecule has 0 saturated carbocycles. The predicted octanol–water partition coefficient (Wildman–Crippen LogP) is 3.10. The molecule has 0 spiro atoms. The van der Waals surface area contributed by atoms with E-state index in [0.717, 1.165) is 29.6 Å². The van der Waals surface area contributed by atoms with Crippen LogP contribution in [0.25, 0.3) is 0 Å². The molecule has 1 aromatic rings. The van der Waals surface area contributed by atoms with Gasteiger partial charge < -0.3 is 15.2 Å². The van der Waals surface area contributed by atoms with Crippen molar-refractivity contribution in [2.45, 2.75) is 38.8 Å². The van der Waals surface area contributed by atoms with E-state index >= 15 is 0 Å². The van der Waals surface area contributed by atoms with Crippen molar-refractivity contribution >= 4 is 15.9 Å². The van der Waals surface area contributed by atoms with E-state index in [2.05, 4.69) is 35.1 Å². The maximum atomic E-state index is 9.44. The standard InChI is InChI=1S/C14H22BrNO2/c1-4-7-14(2,10-17)16-9-11-5-6-13(18-3)12(15)8-11/h5-6,8,16-17H,4,7,9-10H2,1-3H3. The Morgan fingerprint density at radius 3 is 2.67 bits per heavy atom. The lowest BCUT2D eigenvalue weighted by molar-refractivity contribution is 0.163. The molecule has 0 saturated heterocycles. The van der Waals surface area contributed by atoms with E-state index in [1.165, 1.54) is 5.56 Å². The van der Waals surface area contributed by atoms with E-state index in [4.69, 9.17) is 4.74 Å². The summed E-state index contributed by atoms with van der Waals surface area (Å²) in [7, 11) is 1.65. The summed E-state index contributed by atoms with van der Waals surface area (Å²) in [6, 6.07) is 6.01. The van der Waals surface area contributed by atoms with Crippen LogP contribution < -0.4 is 10.1 Å². The number of aliphatic hydroxyl groups excluding tert-OH is 1. The zero-order chi connectivity index (χ0) is 13.6. The van der Waals surface area contributed by atoms with E-state index in [-0.39, 0.29) is 12.1 Å². The van der Waals surface area contributed by atoms with Gasteiger partial charge in [0.25, 0.3) is 0 Å². The van der Waals surface area contributed by atoms with Crippen LogP contribution in [-0.2, 0) is 6.54 Å². The number of nitrogens with one attached hydrogen (secondary N) is 1. The summed E-state index contributed by atoms with van der Waals surface area (Å²) in [6.07, 6.45) is 2.01. The van der Waals surface area contributed by atoms with Crippen LogP contribution in [0.1, 0.15) is 32.3 Å². The van der Waals surface area contributed by atoms with Crippen molar-refractivity contribution in [1.29, 1.82) is 0 Å². The first kappa shape index (κ1) is 15.5. The van der Waals surface area contributed by atoms with E-state index in [0.29, 0.717) is 0 Å². The molecule has 0 amide bonds. The van der Waals surface area contributed by atoms with Gasteiger partial charge in [0.05, 0.1) is 18.2 Å². The minimum Gasteiger partial charge on any atom is -0.496 e. The van der Waals surface area contributed by atoms with Gasteiger partial charge in [-0.15, -0.1) is 0 Å². The molecule has 4 heteroatoms. The Kier molecular flexibility index (Phi) is 6.12. The minimum atomic E-state index is -0.207. The van der Waals surface area contributed by atoms with Crippen molar-refractivity contribution in [2.75, 3.05) is 13.7 Å². The number of hydrogen-bond acceptors (Lipinski definition) is 3. The SMILES string of the molecule is CCCC(C)(CO)NCc1ccc(OC)c(Br)c1. The predicted molar refractivity (Wildman–Crippen MR) is 77.9 cm³/mol. The largest absolute Gasteiger partial charge is 0.496 e. The zero-order valence-corrected chi connectivity index (χ0v) is 12.9. The Morgan fingerprint density at radius 1 is 1.44 bits per heavy atom. The van der Waals surface area contributed by atoms with Crippen LogP contribution in [0.4, 0.5) is 0 Å². The molecule has 18 heavy (non-hydrogen) atoms. The van der Waals surface area contributed by atoms with Gasteiger partial charge in [0, 0.05) is 12.1 Å². The second-order valence-corrected chi connectivity index (χ2v) is 5.65.